The number of carbonyl (C=O) groups is 1. The molecule has 1 amide bonds. The summed E-state index contributed by atoms with van der Waals surface area (Å²) in [5.41, 5.74) is 7.99. The van der Waals surface area contributed by atoms with E-state index in [-0.39, 0.29) is 29.8 Å². The van der Waals surface area contributed by atoms with E-state index < -0.39 is 0 Å². The van der Waals surface area contributed by atoms with Crippen LogP contribution >= 0.6 is 12.4 Å². The summed E-state index contributed by atoms with van der Waals surface area (Å²) in [7, 11) is 0. The van der Waals surface area contributed by atoms with Gasteiger partial charge in [0.05, 0.1) is 0 Å². The van der Waals surface area contributed by atoms with Crippen molar-refractivity contribution in [3.63, 3.8) is 0 Å². The highest BCUT2D eigenvalue weighted by molar-refractivity contribution is 5.95. The molecule has 0 fully saturated rings. The standard InChI is InChI=1S/C15H21N5O2.ClH/c1-10(2)12-5-3-11(4-6-12)9-17-7-8-18-15(21)13-14(16)20-22-19-13;/h3-6,10,17H,7-9H2,1-2H3,(H2,16,20)(H,18,21);1H. The predicted octanol–water partition coefficient (Wildman–Crippen LogP) is 1.72. The minimum Gasteiger partial charge on any atom is -0.379 e. The van der Waals surface area contributed by atoms with E-state index in [1.807, 2.05) is 0 Å². The number of hydrogen-bond donors (Lipinski definition) is 3. The highest BCUT2D eigenvalue weighted by Gasteiger charge is 2.14. The first-order valence-corrected chi connectivity index (χ1v) is 7.23. The zero-order valence-corrected chi connectivity index (χ0v) is 14.0. The van der Waals surface area contributed by atoms with Gasteiger partial charge < -0.3 is 16.4 Å². The lowest BCUT2D eigenvalue weighted by Gasteiger charge is -2.08. The van der Waals surface area contributed by atoms with Crippen LogP contribution in [0.25, 0.3) is 0 Å². The summed E-state index contributed by atoms with van der Waals surface area (Å²) in [5.74, 6) is 0.146. The summed E-state index contributed by atoms with van der Waals surface area (Å²) in [6.45, 7) is 6.21. The maximum absolute atomic E-state index is 11.7. The van der Waals surface area contributed by atoms with Crippen molar-refractivity contribution in [2.24, 2.45) is 0 Å². The van der Waals surface area contributed by atoms with Gasteiger partial charge in [-0.25, -0.2) is 4.63 Å². The van der Waals surface area contributed by atoms with Crippen LogP contribution in [0.3, 0.4) is 0 Å². The van der Waals surface area contributed by atoms with Crippen molar-refractivity contribution in [2.75, 3.05) is 18.8 Å². The Hall–Kier alpha value is -2.12. The molecule has 8 heteroatoms. The van der Waals surface area contributed by atoms with Crippen molar-refractivity contribution in [2.45, 2.75) is 26.3 Å². The number of benzene rings is 1. The second-order valence-electron chi connectivity index (χ2n) is 5.33. The van der Waals surface area contributed by atoms with Crippen molar-refractivity contribution < 1.29 is 9.42 Å². The lowest BCUT2D eigenvalue weighted by molar-refractivity contribution is 0.0944. The van der Waals surface area contributed by atoms with E-state index in [0.29, 0.717) is 19.0 Å². The zero-order chi connectivity index (χ0) is 15.9. The van der Waals surface area contributed by atoms with Gasteiger partial charge in [0.1, 0.15) is 0 Å². The van der Waals surface area contributed by atoms with Crippen LogP contribution in [0.2, 0.25) is 0 Å². The van der Waals surface area contributed by atoms with Crippen LogP contribution in [0.15, 0.2) is 28.9 Å². The molecule has 23 heavy (non-hydrogen) atoms. The van der Waals surface area contributed by atoms with Gasteiger partial charge in [-0.15, -0.1) is 12.4 Å². The fraction of sp³-hybridized carbons (Fsp3) is 0.400. The minimum atomic E-state index is -0.387. The Bertz CT molecular complexity index is 613. The Balaban J connectivity index is 0.00000264. The van der Waals surface area contributed by atoms with E-state index >= 15 is 0 Å². The predicted molar refractivity (Wildman–Crippen MR) is 90.5 cm³/mol. The molecule has 0 atom stereocenters. The average molecular weight is 340 g/mol. The fourth-order valence-electron chi connectivity index (χ4n) is 1.95. The molecule has 2 rings (SSSR count). The summed E-state index contributed by atoms with van der Waals surface area (Å²) in [6, 6.07) is 8.51. The van der Waals surface area contributed by atoms with Crippen molar-refractivity contribution in [3.8, 4) is 0 Å². The summed E-state index contributed by atoms with van der Waals surface area (Å²) in [4.78, 5) is 11.7. The molecule has 0 saturated carbocycles. The summed E-state index contributed by atoms with van der Waals surface area (Å²) in [5, 5.41) is 12.7. The van der Waals surface area contributed by atoms with Gasteiger partial charge in [-0.3, -0.25) is 4.79 Å². The van der Waals surface area contributed by atoms with Crippen molar-refractivity contribution in [1.82, 2.24) is 20.9 Å². The third-order valence-electron chi connectivity index (χ3n) is 3.29. The first-order valence-electron chi connectivity index (χ1n) is 7.23. The van der Waals surface area contributed by atoms with E-state index in [0.717, 1.165) is 6.54 Å². The van der Waals surface area contributed by atoms with Crippen LogP contribution in [0, 0.1) is 0 Å². The molecule has 0 unspecified atom stereocenters. The minimum absolute atomic E-state index is 0. The number of rotatable bonds is 7. The molecular weight excluding hydrogens is 318 g/mol. The fourth-order valence-corrected chi connectivity index (χ4v) is 1.95. The Labute approximate surface area is 141 Å². The highest BCUT2D eigenvalue weighted by Crippen LogP contribution is 2.14. The Morgan fingerprint density at radius 3 is 2.48 bits per heavy atom. The van der Waals surface area contributed by atoms with Gasteiger partial charge in [-0.1, -0.05) is 38.1 Å². The number of carbonyl (C=O) groups excluding carboxylic acids is 1. The average Bonchev–Trinajstić information content (AvgIpc) is 2.93. The summed E-state index contributed by atoms with van der Waals surface area (Å²) < 4.78 is 4.38. The molecule has 4 N–H and O–H groups in total. The van der Waals surface area contributed by atoms with E-state index in [2.05, 4.69) is 63.7 Å². The molecule has 1 heterocycles. The molecular formula is C15H22ClN5O2. The SMILES string of the molecule is CC(C)c1ccc(CNCCNC(=O)c2nonc2N)cc1.Cl. The van der Waals surface area contributed by atoms with Crippen LogP contribution in [0.1, 0.15) is 41.4 Å². The normalized spacial score (nSPS) is 10.4. The van der Waals surface area contributed by atoms with E-state index in [1.54, 1.807) is 0 Å². The number of hydrogen-bond acceptors (Lipinski definition) is 6. The number of nitrogens with zero attached hydrogens (tertiary/aromatic N) is 2. The first-order chi connectivity index (χ1) is 10.6. The maximum Gasteiger partial charge on any atom is 0.277 e. The van der Waals surface area contributed by atoms with E-state index in [1.165, 1.54) is 11.1 Å². The third-order valence-corrected chi connectivity index (χ3v) is 3.29. The maximum atomic E-state index is 11.7. The van der Waals surface area contributed by atoms with Crippen molar-refractivity contribution in [1.29, 1.82) is 0 Å². The molecule has 0 bridgehead atoms. The number of anilines is 1. The van der Waals surface area contributed by atoms with Crippen LogP contribution in [-0.2, 0) is 6.54 Å². The second kappa shape index (κ2) is 9.12. The van der Waals surface area contributed by atoms with E-state index in [9.17, 15) is 4.79 Å². The van der Waals surface area contributed by atoms with Crippen molar-refractivity contribution >= 4 is 24.1 Å². The van der Waals surface area contributed by atoms with Gasteiger partial charge >= 0.3 is 0 Å². The van der Waals surface area contributed by atoms with Gasteiger partial charge in [0, 0.05) is 19.6 Å². The molecule has 0 aliphatic heterocycles. The number of amides is 1. The van der Waals surface area contributed by atoms with Gasteiger partial charge in [0.25, 0.3) is 5.91 Å². The highest BCUT2D eigenvalue weighted by atomic mass is 35.5. The molecule has 1 aromatic heterocycles. The zero-order valence-electron chi connectivity index (χ0n) is 13.2. The quantitative estimate of drug-likeness (QED) is 0.663. The number of nitrogen functional groups attached to an aromatic ring is 1. The van der Waals surface area contributed by atoms with Gasteiger partial charge in [0.15, 0.2) is 0 Å². The number of halogens is 1. The molecule has 2 aromatic rings. The summed E-state index contributed by atoms with van der Waals surface area (Å²) in [6.07, 6.45) is 0. The molecule has 7 nitrogen and oxygen atoms in total. The van der Waals surface area contributed by atoms with Gasteiger partial charge in [-0.2, -0.15) is 0 Å². The lowest BCUT2D eigenvalue weighted by atomic mass is 10.0. The van der Waals surface area contributed by atoms with Crippen LogP contribution in [-0.4, -0.2) is 29.3 Å². The molecule has 126 valence electrons. The number of nitrogens with one attached hydrogen (secondary N) is 2. The Kier molecular flexibility index (Phi) is 7.50. The molecule has 0 aliphatic carbocycles. The number of nitrogens with two attached hydrogens (primary N) is 1. The monoisotopic (exact) mass is 339 g/mol. The van der Waals surface area contributed by atoms with Crippen LogP contribution < -0.4 is 16.4 Å². The molecule has 1 aromatic carbocycles. The molecule has 0 spiro atoms. The third kappa shape index (κ3) is 5.54. The Morgan fingerprint density at radius 1 is 1.22 bits per heavy atom. The molecule has 0 radical (unpaired) electrons. The van der Waals surface area contributed by atoms with Gasteiger partial charge in [-0.05, 0) is 27.4 Å². The van der Waals surface area contributed by atoms with E-state index in [4.69, 9.17) is 5.73 Å². The van der Waals surface area contributed by atoms with Gasteiger partial charge in [0.2, 0.25) is 11.5 Å². The summed E-state index contributed by atoms with van der Waals surface area (Å²) >= 11 is 0. The smallest absolute Gasteiger partial charge is 0.277 e. The second-order valence-corrected chi connectivity index (χ2v) is 5.33. The molecule has 0 aliphatic rings. The first kappa shape index (κ1) is 18.9. The number of aromatic nitrogens is 2. The van der Waals surface area contributed by atoms with Crippen LogP contribution in [0.4, 0.5) is 5.82 Å². The van der Waals surface area contributed by atoms with Crippen LogP contribution in [0.5, 0.6) is 0 Å². The molecule has 0 saturated heterocycles. The topological polar surface area (TPSA) is 106 Å². The lowest BCUT2D eigenvalue weighted by Crippen LogP contribution is -2.32. The Morgan fingerprint density at radius 2 is 1.91 bits per heavy atom. The van der Waals surface area contributed by atoms with Crippen molar-refractivity contribution in [3.05, 3.63) is 41.1 Å². The largest absolute Gasteiger partial charge is 0.379 e.